The monoisotopic (exact) mass is 304 g/mol. The topological polar surface area (TPSA) is 51.7 Å². The van der Waals surface area contributed by atoms with Crippen molar-refractivity contribution < 1.29 is 14.3 Å². The van der Waals surface area contributed by atoms with Crippen LogP contribution in [-0.2, 0) is 9.53 Å². The maximum Gasteiger partial charge on any atom is 0.222 e. The molecule has 3 rings (SSSR count). The lowest BCUT2D eigenvalue weighted by Crippen LogP contribution is -2.67. The smallest absolute Gasteiger partial charge is 0.222 e. The second kappa shape index (κ2) is 6.65. The Labute approximate surface area is 131 Å². The fourth-order valence-corrected chi connectivity index (χ4v) is 3.20. The summed E-state index contributed by atoms with van der Waals surface area (Å²) in [7, 11) is 0. The summed E-state index contributed by atoms with van der Waals surface area (Å²) in [6.07, 6.45) is 6.25. The third-order valence-electron chi connectivity index (χ3n) is 4.43. The molecule has 1 spiro atoms. The zero-order chi connectivity index (χ0) is 15.4. The molecule has 1 amide bonds. The second-order valence-electron chi connectivity index (χ2n) is 6.29. The van der Waals surface area contributed by atoms with E-state index in [1.54, 1.807) is 6.20 Å². The molecule has 0 radical (unpaired) electrons. The normalized spacial score (nSPS) is 23.1. The van der Waals surface area contributed by atoms with Gasteiger partial charge < -0.3 is 14.4 Å². The van der Waals surface area contributed by atoms with Crippen molar-refractivity contribution in [1.82, 2.24) is 9.88 Å². The summed E-state index contributed by atoms with van der Waals surface area (Å²) in [6, 6.07) is 5.68. The summed E-state index contributed by atoms with van der Waals surface area (Å²) in [4.78, 5) is 18.1. The van der Waals surface area contributed by atoms with Crippen molar-refractivity contribution in [2.24, 2.45) is 0 Å². The van der Waals surface area contributed by atoms with Gasteiger partial charge in [-0.25, -0.2) is 4.98 Å². The predicted octanol–water partition coefficient (Wildman–Crippen LogP) is 2.41. The average Bonchev–Trinajstić information content (AvgIpc) is 2.51. The first-order chi connectivity index (χ1) is 10.7. The van der Waals surface area contributed by atoms with E-state index in [2.05, 4.69) is 11.9 Å². The van der Waals surface area contributed by atoms with Gasteiger partial charge in [0.2, 0.25) is 11.8 Å². The number of pyridine rings is 1. The molecule has 2 aliphatic rings. The molecule has 5 nitrogen and oxygen atoms in total. The number of hydrogen-bond donors (Lipinski definition) is 0. The van der Waals surface area contributed by atoms with Gasteiger partial charge in [-0.3, -0.25) is 4.79 Å². The maximum atomic E-state index is 12.0. The lowest BCUT2D eigenvalue weighted by Gasteiger charge is -2.52. The largest absolute Gasteiger partial charge is 0.474 e. The van der Waals surface area contributed by atoms with Gasteiger partial charge in [0.15, 0.2) is 0 Å². The fourth-order valence-electron chi connectivity index (χ4n) is 3.20. The second-order valence-corrected chi connectivity index (χ2v) is 6.29. The SMILES string of the molecule is CCCCC(=O)N1CC2(CC(Oc3ccccn3)CCO2)C1. The molecule has 1 unspecified atom stereocenters. The zero-order valence-electron chi connectivity index (χ0n) is 13.2. The van der Waals surface area contributed by atoms with E-state index in [0.717, 1.165) is 25.7 Å². The minimum Gasteiger partial charge on any atom is -0.474 e. The summed E-state index contributed by atoms with van der Waals surface area (Å²) < 4.78 is 11.9. The number of aromatic nitrogens is 1. The fraction of sp³-hybridized carbons (Fsp3) is 0.647. The van der Waals surface area contributed by atoms with E-state index in [1.807, 2.05) is 23.1 Å². The van der Waals surface area contributed by atoms with Crippen LogP contribution in [0.2, 0.25) is 0 Å². The van der Waals surface area contributed by atoms with E-state index in [4.69, 9.17) is 9.47 Å². The summed E-state index contributed by atoms with van der Waals surface area (Å²) >= 11 is 0. The van der Waals surface area contributed by atoms with Crippen molar-refractivity contribution in [2.45, 2.75) is 50.7 Å². The molecule has 2 saturated heterocycles. The number of carbonyl (C=O) groups excluding carboxylic acids is 1. The molecule has 5 heteroatoms. The molecular formula is C17H24N2O3. The Bertz CT molecular complexity index is 500. The van der Waals surface area contributed by atoms with Crippen molar-refractivity contribution in [1.29, 1.82) is 0 Å². The van der Waals surface area contributed by atoms with Crippen LogP contribution in [0.4, 0.5) is 0 Å². The number of likely N-dealkylation sites (tertiary alicyclic amines) is 1. The number of hydrogen-bond acceptors (Lipinski definition) is 4. The molecule has 0 aliphatic carbocycles. The van der Waals surface area contributed by atoms with Crippen LogP contribution in [0.15, 0.2) is 24.4 Å². The minimum absolute atomic E-state index is 0.122. The van der Waals surface area contributed by atoms with E-state index in [0.29, 0.717) is 32.0 Å². The van der Waals surface area contributed by atoms with Crippen molar-refractivity contribution in [2.75, 3.05) is 19.7 Å². The van der Waals surface area contributed by atoms with Crippen LogP contribution in [0.3, 0.4) is 0 Å². The lowest BCUT2D eigenvalue weighted by atomic mass is 9.84. The first-order valence-corrected chi connectivity index (χ1v) is 8.20. The Balaban J connectivity index is 1.51. The third kappa shape index (κ3) is 3.40. The zero-order valence-corrected chi connectivity index (χ0v) is 13.2. The standard InChI is InChI=1S/C17H24N2O3/c1-2-3-7-16(20)19-12-17(13-19)11-14(8-10-21-17)22-15-6-4-5-9-18-15/h4-6,9,14H,2-3,7-8,10-13H2,1H3. The Morgan fingerprint density at radius 2 is 2.36 bits per heavy atom. The molecule has 0 bridgehead atoms. The first-order valence-electron chi connectivity index (χ1n) is 8.20. The van der Waals surface area contributed by atoms with Gasteiger partial charge in [-0.2, -0.15) is 0 Å². The van der Waals surface area contributed by atoms with Gasteiger partial charge in [0.25, 0.3) is 0 Å². The van der Waals surface area contributed by atoms with E-state index in [-0.39, 0.29) is 17.6 Å². The van der Waals surface area contributed by atoms with E-state index in [1.165, 1.54) is 0 Å². The van der Waals surface area contributed by atoms with Crippen LogP contribution in [0.25, 0.3) is 0 Å². The highest BCUT2D eigenvalue weighted by Crippen LogP contribution is 2.35. The van der Waals surface area contributed by atoms with Gasteiger partial charge in [-0.1, -0.05) is 19.4 Å². The molecule has 2 aliphatic heterocycles. The van der Waals surface area contributed by atoms with Crippen LogP contribution in [-0.4, -0.2) is 47.2 Å². The number of amides is 1. The minimum atomic E-state index is -0.195. The van der Waals surface area contributed by atoms with Gasteiger partial charge in [0.1, 0.15) is 11.7 Å². The third-order valence-corrected chi connectivity index (χ3v) is 4.43. The Kier molecular flexibility index (Phi) is 4.62. The van der Waals surface area contributed by atoms with Gasteiger partial charge in [0.05, 0.1) is 19.7 Å². The van der Waals surface area contributed by atoms with Crippen molar-refractivity contribution >= 4 is 5.91 Å². The van der Waals surface area contributed by atoms with Crippen LogP contribution in [0.5, 0.6) is 5.88 Å². The van der Waals surface area contributed by atoms with Gasteiger partial charge in [0, 0.05) is 31.5 Å². The molecule has 1 atom stereocenters. The summed E-state index contributed by atoms with van der Waals surface area (Å²) in [5.41, 5.74) is -0.195. The number of nitrogens with zero attached hydrogens (tertiary/aromatic N) is 2. The maximum absolute atomic E-state index is 12.0. The van der Waals surface area contributed by atoms with E-state index in [9.17, 15) is 4.79 Å². The average molecular weight is 304 g/mol. The summed E-state index contributed by atoms with van der Waals surface area (Å²) in [6.45, 7) is 4.21. The van der Waals surface area contributed by atoms with Crippen LogP contribution in [0, 0.1) is 0 Å². The number of unbranched alkanes of at least 4 members (excludes halogenated alkanes) is 1. The molecule has 2 fully saturated rings. The summed E-state index contributed by atoms with van der Waals surface area (Å²) in [5, 5.41) is 0. The highest BCUT2D eigenvalue weighted by molar-refractivity contribution is 5.77. The first kappa shape index (κ1) is 15.3. The molecule has 3 heterocycles. The van der Waals surface area contributed by atoms with Crippen LogP contribution in [0.1, 0.15) is 39.0 Å². The van der Waals surface area contributed by atoms with Crippen molar-refractivity contribution in [3.8, 4) is 5.88 Å². The molecule has 0 aromatic carbocycles. The molecule has 1 aromatic rings. The number of rotatable bonds is 5. The number of carbonyl (C=O) groups is 1. The van der Waals surface area contributed by atoms with E-state index >= 15 is 0 Å². The molecule has 1 aromatic heterocycles. The van der Waals surface area contributed by atoms with Gasteiger partial charge in [-0.05, 0) is 12.5 Å². The van der Waals surface area contributed by atoms with Gasteiger partial charge >= 0.3 is 0 Å². The highest BCUT2D eigenvalue weighted by atomic mass is 16.5. The highest BCUT2D eigenvalue weighted by Gasteiger charge is 2.49. The Morgan fingerprint density at radius 1 is 1.50 bits per heavy atom. The van der Waals surface area contributed by atoms with E-state index < -0.39 is 0 Å². The molecule has 120 valence electrons. The molecule has 0 N–H and O–H groups in total. The number of ether oxygens (including phenoxy) is 2. The van der Waals surface area contributed by atoms with Crippen LogP contribution < -0.4 is 4.74 Å². The summed E-state index contributed by atoms with van der Waals surface area (Å²) in [5.74, 6) is 0.920. The van der Waals surface area contributed by atoms with Crippen molar-refractivity contribution in [3.05, 3.63) is 24.4 Å². The van der Waals surface area contributed by atoms with Crippen molar-refractivity contribution in [3.63, 3.8) is 0 Å². The lowest BCUT2D eigenvalue weighted by molar-refractivity contribution is -0.193. The molecule has 0 saturated carbocycles. The van der Waals surface area contributed by atoms with Gasteiger partial charge in [-0.15, -0.1) is 0 Å². The molecule has 22 heavy (non-hydrogen) atoms. The quantitative estimate of drug-likeness (QED) is 0.838. The predicted molar refractivity (Wildman–Crippen MR) is 82.7 cm³/mol. The Hall–Kier alpha value is -1.62. The van der Waals surface area contributed by atoms with Crippen LogP contribution >= 0.6 is 0 Å². The molecular weight excluding hydrogens is 280 g/mol. The Morgan fingerprint density at radius 3 is 3.09 bits per heavy atom.